The Morgan fingerprint density at radius 1 is 1.47 bits per heavy atom. The molecule has 2 heterocycles. The Kier molecular flexibility index (Phi) is 2.57. The van der Waals surface area contributed by atoms with Gasteiger partial charge in [0, 0.05) is 12.6 Å². The van der Waals surface area contributed by atoms with Gasteiger partial charge in [-0.25, -0.2) is 9.97 Å². The van der Waals surface area contributed by atoms with Crippen molar-refractivity contribution in [3.05, 3.63) is 17.6 Å². The van der Waals surface area contributed by atoms with E-state index >= 15 is 0 Å². The summed E-state index contributed by atoms with van der Waals surface area (Å²) in [5.41, 5.74) is 1.45. The fraction of sp³-hybridized carbons (Fsp3) is 0.615. The monoisotopic (exact) mass is 231 g/mol. The molecule has 0 amide bonds. The zero-order valence-electron chi connectivity index (χ0n) is 10.1. The summed E-state index contributed by atoms with van der Waals surface area (Å²) < 4.78 is 0. The van der Waals surface area contributed by atoms with Crippen molar-refractivity contribution in [2.45, 2.75) is 38.6 Å². The van der Waals surface area contributed by atoms with Crippen molar-refractivity contribution >= 4 is 12.1 Å². The molecule has 0 saturated heterocycles. The molecule has 4 heteroatoms. The van der Waals surface area contributed by atoms with E-state index in [0.29, 0.717) is 17.7 Å². The highest BCUT2D eigenvalue weighted by molar-refractivity contribution is 5.71. The number of aldehydes is 1. The minimum absolute atomic E-state index is 0.450. The van der Waals surface area contributed by atoms with Crippen molar-refractivity contribution in [3.63, 3.8) is 0 Å². The number of nitrogens with zero attached hydrogens (tertiary/aromatic N) is 3. The summed E-state index contributed by atoms with van der Waals surface area (Å²) in [4.78, 5) is 22.0. The van der Waals surface area contributed by atoms with Crippen LogP contribution in [0.2, 0.25) is 0 Å². The van der Waals surface area contributed by atoms with Crippen molar-refractivity contribution in [2.75, 3.05) is 11.4 Å². The van der Waals surface area contributed by atoms with E-state index in [4.69, 9.17) is 0 Å². The number of carbonyl (C=O) groups excluding carboxylic acids is 1. The van der Waals surface area contributed by atoms with Gasteiger partial charge in [-0.2, -0.15) is 0 Å². The Labute approximate surface area is 101 Å². The lowest BCUT2D eigenvalue weighted by Gasteiger charge is -2.42. The number of fused-ring (bicyclic) bond motifs is 1. The fourth-order valence-electron chi connectivity index (χ4n) is 2.71. The minimum atomic E-state index is 0.450. The van der Waals surface area contributed by atoms with Gasteiger partial charge in [0.1, 0.15) is 5.69 Å². The van der Waals surface area contributed by atoms with Crippen LogP contribution in [0.5, 0.6) is 0 Å². The van der Waals surface area contributed by atoms with Crippen LogP contribution in [0.15, 0.2) is 6.20 Å². The van der Waals surface area contributed by atoms with Crippen molar-refractivity contribution in [1.82, 2.24) is 9.97 Å². The molecule has 90 valence electrons. The van der Waals surface area contributed by atoms with Crippen molar-refractivity contribution < 1.29 is 4.79 Å². The van der Waals surface area contributed by atoms with E-state index in [1.54, 1.807) is 6.20 Å². The van der Waals surface area contributed by atoms with E-state index in [0.717, 1.165) is 30.8 Å². The molecule has 0 aromatic carbocycles. The summed E-state index contributed by atoms with van der Waals surface area (Å²) in [5.74, 6) is 1.61. The van der Waals surface area contributed by atoms with Crippen LogP contribution >= 0.6 is 0 Å². The molecule has 3 rings (SSSR count). The third-order valence-corrected chi connectivity index (χ3v) is 3.80. The molecule has 0 radical (unpaired) electrons. The van der Waals surface area contributed by atoms with E-state index in [2.05, 4.69) is 21.8 Å². The lowest BCUT2D eigenvalue weighted by molar-refractivity contribution is 0.111. The Hall–Kier alpha value is -1.45. The van der Waals surface area contributed by atoms with Crippen molar-refractivity contribution in [1.29, 1.82) is 0 Å². The maximum atomic E-state index is 10.7. The average Bonchev–Trinajstić information content (AvgIpc) is 2.25. The van der Waals surface area contributed by atoms with Crippen LogP contribution in [0.25, 0.3) is 0 Å². The highest BCUT2D eigenvalue weighted by Crippen LogP contribution is 2.34. The summed E-state index contributed by atoms with van der Waals surface area (Å²) in [7, 11) is 0. The number of aromatic nitrogens is 2. The van der Waals surface area contributed by atoms with Gasteiger partial charge in [-0.15, -0.1) is 0 Å². The summed E-state index contributed by atoms with van der Waals surface area (Å²) in [5, 5.41) is 0. The summed E-state index contributed by atoms with van der Waals surface area (Å²) in [6.07, 6.45) is 7.16. The Balaban J connectivity index is 1.97. The van der Waals surface area contributed by atoms with Gasteiger partial charge in [-0.3, -0.25) is 4.79 Å². The zero-order valence-corrected chi connectivity index (χ0v) is 10.1. The number of carbonyl (C=O) groups is 1. The van der Waals surface area contributed by atoms with Crippen LogP contribution < -0.4 is 4.90 Å². The molecule has 17 heavy (non-hydrogen) atoms. The summed E-state index contributed by atoms with van der Waals surface area (Å²) >= 11 is 0. The number of rotatable bonds is 2. The maximum Gasteiger partial charge on any atom is 0.170 e. The molecule has 0 bridgehead atoms. The molecule has 2 aliphatic rings. The van der Waals surface area contributed by atoms with Gasteiger partial charge in [0.15, 0.2) is 12.1 Å². The quantitative estimate of drug-likeness (QED) is 0.729. The standard InChI is InChI=1S/C13H17N3O/c1-9-5-12-13(14-6-10(8-17)15-12)16(7-9)11-3-2-4-11/h6,8-9,11H,2-5,7H2,1H3. The molecule has 1 fully saturated rings. The van der Waals surface area contributed by atoms with Crippen LogP contribution in [0.3, 0.4) is 0 Å². The predicted molar refractivity (Wildman–Crippen MR) is 65.3 cm³/mol. The van der Waals surface area contributed by atoms with Gasteiger partial charge < -0.3 is 4.90 Å². The summed E-state index contributed by atoms with van der Waals surface area (Å²) in [6, 6.07) is 0.646. The Bertz CT molecular complexity index is 442. The third-order valence-electron chi connectivity index (χ3n) is 3.80. The predicted octanol–water partition coefficient (Wildman–Crippen LogP) is 1.84. The van der Waals surface area contributed by atoms with Crippen molar-refractivity contribution in [3.8, 4) is 0 Å². The normalized spacial score (nSPS) is 24.1. The highest BCUT2D eigenvalue weighted by atomic mass is 16.1. The SMILES string of the molecule is CC1Cc2nc(C=O)cnc2N(C2CCC2)C1. The van der Waals surface area contributed by atoms with Gasteiger partial charge in [0.05, 0.1) is 11.9 Å². The first-order valence-electron chi connectivity index (χ1n) is 6.35. The smallest absolute Gasteiger partial charge is 0.170 e. The topological polar surface area (TPSA) is 46.1 Å². The van der Waals surface area contributed by atoms with Gasteiger partial charge in [-0.1, -0.05) is 6.92 Å². The summed E-state index contributed by atoms with van der Waals surface area (Å²) in [6.45, 7) is 3.32. The number of hydrogen-bond acceptors (Lipinski definition) is 4. The first-order valence-corrected chi connectivity index (χ1v) is 6.35. The molecular weight excluding hydrogens is 214 g/mol. The second-order valence-corrected chi connectivity index (χ2v) is 5.23. The average molecular weight is 231 g/mol. The van der Waals surface area contributed by atoms with E-state index < -0.39 is 0 Å². The van der Waals surface area contributed by atoms with Gasteiger partial charge in [0.2, 0.25) is 0 Å². The van der Waals surface area contributed by atoms with E-state index in [1.807, 2.05) is 0 Å². The second kappa shape index (κ2) is 4.09. The molecule has 0 N–H and O–H groups in total. The van der Waals surface area contributed by atoms with E-state index in [-0.39, 0.29) is 0 Å². The highest BCUT2D eigenvalue weighted by Gasteiger charge is 2.32. The van der Waals surface area contributed by atoms with Crippen molar-refractivity contribution in [2.24, 2.45) is 5.92 Å². The largest absolute Gasteiger partial charge is 0.352 e. The first-order chi connectivity index (χ1) is 8.28. The zero-order chi connectivity index (χ0) is 11.8. The lowest BCUT2D eigenvalue weighted by Crippen LogP contribution is -2.46. The first kappa shape index (κ1) is 10.7. The molecule has 1 saturated carbocycles. The molecular formula is C13H17N3O. The van der Waals surface area contributed by atoms with Gasteiger partial charge in [0.25, 0.3) is 0 Å². The lowest BCUT2D eigenvalue weighted by atomic mass is 9.88. The van der Waals surface area contributed by atoms with Crippen LogP contribution in [-0.4, -0.2) is 28.8 Å². The van der Waals surface area contributed by atoms with Crippen LogP contribution in [0.4, 0.5) is 5.82 Å². The number of anilines is 1. The van der Waals surface area contributed by atoms with Crippen LogP contribution in [-0.2, 0) is 6.42 Å². The van der Waals surface area contributed by atoms with Gasteiger partial charge >= 0.3 is 0 Å². The molecule has 0 spiro atoms. The number of hydrogen-bond donors (Lipinski definition) is 0. The second-order valence-electron chi connectivity index (χ2n) is 5.23. The maximum absolute atomic E-state index is 10.7. The minimum Gasteiger partial charge on any atom is -0.352 e. The Morgan fingerprint density at radius 2 is 2.29 bits per heavy atom. The molecule has 1 aromatic heterocycles. The third kappa shape index (κ3) is 1.81. The molecule has 4 nitrogen and oxygen atoms in total. The van der Waals surface area contributed by atoms with E-state index in [1.165, 1.54) is 19.3 Å². The van der Waals surface area contributed by atoms with Crippen LogP contribution in [0.1, 0.15) is 42.4 Å². The molecule has 1 aliphatic heterocycles. The Morgan fingerprint density at radius 3 is 2.94 bits per heavy atom. The van der Waals surface area contributed by atoms with E-state index in [9.17, 15) is 4.79 Å². The fourth-order valence-corrected chi connectivity index (χ4v) is 2.71. The molecule has 1 aliphatic carbocycles. The molecule has 1 unspecified atom stereocenters. The van der Waals surface area contributed by atoms with Crippen LogP contribution in [0, 0.1) is 5.92 Å². The molecule has 1 atom stereocenters. The molecule has 1 aromatic rings. The van der Waals surface area contributed by atoms with Gasteiger partial charge in [-0.05, 0) is 31.6 Å².